The molecule has 0 radical (unpaired) electrons. The lowest BCUT2D eigenvalue weighted by atomic mass is 10.0. The first-order chi connectivity index (χ1) is 30.5. The van der Waals surface area contributed by atoms with Crippen LogP contribution in [0.2, 0.25) is 0 Å². The zero-order valence-electron chi connectivity index (χ0n) is 41.6. The number of carbonyl (C=O) groups is 2. The molecule has 0 heterocycles. The fourth-order valence-electron chi connectivity index (χ4n) is 8.45. The van der Waals surface area contributed by atoms with E-state index in [2.05, 4.69) is 31.3 Å². The Kier molecular flexibility index (Phi) is 50.6. The van der Waals surface area contributed by atoms with E-state index in [0.29, 0.717) is 19.4 Å². The lowest BCUT2D eigenvalue weighted by molar-refractivity contribution is -0.143. The molecule has 0 fully saturated rings. The molecule has 2 atom stereocenters. The maximum absolute atomic E-state index is 12.5. The van der Waals surface area contributed by atoms with Gasteiger partial charge in [0.2, 0.25) is 5.91 Å². The van der Waals surface area contributed by atoms with E-state index >= 15 is 0 Å². The third kappa shape index (κ3) is 47.8. The molecule has 62 heavy (non-hydrogen) atoms. The van der Waals surface area contributed by atoms with Crippen LogP contribution in [-0.4, -0.2) is 47.4 Å². The molecule has 366 valence electrons. The molecule has 0 rings (SSSR count). The lowest BCUT2D eigenvalue weighted by Crippen LogP contribution is -2.45. The van der Waals surface area contributed by atoms with E-state index in [1.54, 1.807) is 6.08 Å². The van der Waals surface area contributed by atoms with E-state index in [1.807, 2.05) is 6.08 Å². The average Bonchev–Trinajstić information content (AvgIpc) is 3.27. The van der Waals surface area contributed by atoms with Crippen LogP contribution >= 0.6 is 0 Å². The minimum absolute atomic E-state index is 0.0152. The fourth-order valence-corrected chi connectivity index (χ4v) is 8.45. The minimum Gasteiger partial charge on any atom is -0.466 e. The summed E-state index contributed by atoms with van der Waals surface area (Å²) in [7, 11) is 0. The molecule has 2 unspecified atom stereocenters. The first kappa shape index (κ1) is 60.3. The molecule has 6 nitrogen and oxygen atoms in total. The van der Waals surface area contributed by atoms with Crippen molar-refractivity contribution >= 4 is 11.9 Å². The lowest BCUT2D eigenvalue weighted by Gasteiger charge is -2.20. The van der Waals surface area contributed by atoms with E-state index < -0.39 is 12.1 Å². The van der Waals surface area contributed by atoms with Gasteiger partial charge in [-0.1, -0.05) is 250 Å². The summed E-state index contributed by atoms with van der Waals surface area (Å²) in [5.41, 5.74) is 0. The van der Waals surface area contributed by atoms with Crippen molar-refractivity contribution in [2.75, 3.05) is 13.2 Å². The van der Waals surface area contributed by atoms with Crippen LogP contribution in [0.3, 0.4) is 0 Å². The van der Waals surface area contributed by atoms with Crippen LogP contribution < -0.4 is 5.32 Å². The summed E-state index contributed by atoms with van der Waals surface area (Å²) >= 11 is 0. The number of rotatable bonds is 51. The first-order valence-corrected chi connectivity index (χ1v) is 27.6. The van der Waals surface area contributed by atoms with Gasteiger partial charge in [-0.05, 0) is 57.8 Å². The van der Waals surface area contributed by atoms with Gasteiger partial charge in [-0.15, -0.1) is 0 Å². The Bertz CT molecular complexity index is 966. The van der Waals surface area contributed by atoms with Crippen molar-refractivity contribution in [1.82, 2.24) is 5.32 Å². The summed E-state index contributed by atoms with van der Waals surface area (Å²) in [5.74, 6) is -0.0947. The van der Waals surface area contributed by atoms with Gasteiger partial charge in [-0.2, -0.15) is 0 Å². The first-order valence-electron chi connectivity index (χ1n) is 27.6. The van der Waals surface area contributed by atoms with Crippen molar-refractivity contribution < 1.29 is 24.5 Å². The third-order valence-electron chi connectivity index (χ3n) is 12.7. The SMILES string of the molecule is CCCCCCC/C=C\CCCCCCCC(=O)OCCCCCCCCCCCCCCCC(=O)NC(CO)C(O)/C=C/CCCCCCCCCCCCCCCCCC. The Balaban J connectivity index is 3.49. The van der Waals surface area contributed by atoms with E-state index in [1.165, 1.54) is 212 Å². The summed E-state index contributed by atoms with van der Waals surface area (Å²) in [6.45, 7) is 4.87. The van der Waals surface area contributed by atoms with Crippen molar-refractivity contribution in [1.29, 1.82) is 0 Å². The van der Waals surface area contributed by atoms with E-state index in [0.717, 1.165) is 57.8 Å². The topological polar surface area (TPSA) is 95.9 Å². The highest BCUT2D eigenvalue weighted by atomic mass is 16.5. The summed E-state index contributed by atoms with van der Waals surface area (Å²) < 4.78 is 5.46. The fraction of sp³-hybridized carbons (Fsp3) is 0.893. The number of unbranched alkanes of at least 4 members (excludes halogenated alkanes) is 38. The largest absolute Gasteiger partial charge is 0.466 e. The quantitative estimate of drug-likeness (QED) is 0.0321. The van der Waals surface area contributed by atoms with Crippen molar-refractivity contribution in [2.24, 2.45) is 0 Å². The van der Waals surface area contributed by atoms with Gasteiger partial charge in [0.25, 0.3) is 0 Å². The number of aliphatic hydroxyl groups is 2. The van der Waals surface area contributed by atoms with Crippen molar-refractivity contribution in [3.8, 4) is 0 Å². The molecule has 0 saturated carbocycles. The molecule has 0 aliphatic heterocycles. The van der Waals surface area contributed by atoms with Gasteiger partial charge in [-0.3, -0.25) is 9.59 Å². The normalized spacial score (nSPS) is 12.8. The molecule has 0 aliphatic carbocycles. The summed E-state index contributed by atoms with van der Waals surface area (Å²) in [6.07, 6.45) is 61.8. The molecule has 0 aromatic rings. The zero-order valence-corrected chi connectivity index (χ0v) is 41.6. The van der Waals surface area contributed by atoms with Crippen LogP contribution in [-0.2, 0) is 14.3 Å². The maximum atomic E-state index is 12.5. The molecule has 0 bridgehead atoms. The molecule has 3 N–H and O–H groups in total. The molecule has 0 aliphatic rings. The second-order valence-corrected chi connectivity index (χ2v) is 18.9. The highest BCUT2D eigenvalue weighted by Crippen LogP contribution is 2.16. The molecule has 0 aromatic heterocycles. The van der Waals surface area contributed by atoms with Gasteiger partial charge < -0.3 is 20.3 Å². The molecule has 1 amide bonds. The van der Waals surface area contributed by atoms with Gasteiger partial charge in [0.1, 0.15) is 0 Å². The van der Waals surface area contributed by atoms with Crippen LogP contribution in [0.1, 0.15) is 296 Å². The van der Waals surface area contributed by atoms with Crippen molar-refractivity contribution in [2.45, 2.75) is 309 Å². The predicted octanol–water partition coefficient (Wildman–Crippen LogP) is 16.7. The van der Waals surface area contributed by atoms with Crippen LogP contribution in [0, 0.1) is 0 Å². The Morgan fingerprint density at radius 1 is 0.435 bits per heavy atom. The Hall–Kier alpha value is -1.66. The number of hydrogen-bond donors (Lipinski definition) is 3. The molecule has 0 saturated heterocycles. The highest BCUT2D eigenvalue weighted by Gasteiger charge is 2.18. The van der Waals surface area contributed by atoms with E-state index in [4.69, 9.17) is 4.74 Å². The second kappa shape index (κ2) is 52.0. The summed E-state index contributed by atoms with van der Waals surface area (Å²) in [4.78, 5) is 24.5. The van der Waals surface area contributed by atoms with Gasteiger partial charge in [0, 0.05) is 12.8 Å². The number of amides is 1. The molecular formula is C56H107NO5. The number of carbonyl (C=O) groups excluding carboxylic acids is 2. The minimum atomic E-state index is -0.853. The average molecular weight is 874 g/mol. The summed E-state index contributed by atoms with van der Waals surface area (Å²) in [5, 5.41) is 23.1. The number of aliphatic hydroxyl groups excluding tert-OH is 2. The predicted molar refractivity (Wildman–Crippen MR) is 269 cm³/mol. The Morgan fingerprint density at radius 3 is 1.15 bits per heavy atom. The standard InChI is InChI=1S/C56H107NO5/c1-3-5-7-9-11-13-15-17-19-20-21-22-24-28-32-36-40-44-48-54(59)53(52-58)57-55(60)49-45-41-37-33-29-25-23-27-31-35-39-43-47-51-62-56(61)50-46-42-38-34-30-26-18-16-14-12-10-8-6-4-2/h16,18,44,48,53-54,58-59H,3-15,17,19-43,45-47,49-52H2,1-2H3,(H,57,60)/b18-16-,48-44+. The molecule has 0 aromatic carbocycles. The van der Waals surface area contributed by atoms with Crippen molar-refractivity contribution in [3.05, 3.63) is 24.3 Å². The number of nitrogens with one attached hydrogen (secondary N) is 1. The maximum Gasteiger partial charge on any atom is 0.305 e. The van der Waals surface area contributed by atoms with Crippen LogP contribution in [0.25, 0.3) is 0 Å². The molecule has 0 spiro atoms. The van der Waals surface area contributed by atoms with Gasteiger partial charge in [0.15, 0.2) is 0 Å². The van der Waals surface area contributed by atoms with Crippen molar-refractivity contribution in [3.63, 3.8) is 0 Å². The summed E-state index contributed by atoms with van der Waals surface area (Å²) in [6, 6.07) is -0.638. The monoisotopic (exact) mass is 874 g/mol. The smallest absolute Gasteiger partial charge is 0.305 e. The van der Waals surface area contributed by atoms with Crippen LogP contribution in [0.4, 0.5) is 0 Å². The van der Waals surface area contributed by atoms with Crippen LogP contribution in [0.15, 0.2) is 24.3 Å². The highest BCUT2D eigenvalue weighted by molar-refractivity contribution is 5.76. The number of ether oxygens (including phenoxy) is 1. The van der Waals surface area contributed by atoms with Crippen LogP contribution in [0.5, 0.6) is 0 Å². The Morgan fingerprint density at radius 2 is 0.758 bits per heavy atom. The van der Waals surface area contributed by atoms with Gasteiger partial charge in [0.05, 0.1) is 25.4 Å². The zero-order chi connectivity index (χ0) is 45.1. The molecule has 6 heteroatoms. The van der Waals surface area contributed by atoms with E-state index in [-0.39, 0.29) is 18.5 Å². The molecular weight excluding hydrogens is 767 g/mol. The van der Waals surface area contributed by atoms with E-state index in [9.17, 15) is 19.8 Å². The third-order valence-corrected chi connectivity index (χ3v) is 12.7. The van der Waals surface area contributed by atoms with Gasteiger partial charge >= 0.3 is 5.97 Å². The van der Waals surface area contributed by atoms with Gasteiger partial charge in [-0.25, -0.2) is 0 Å². The second-order valence-electron chi connectivity index (χ2n) is 18.9. The number of allylic oxidation sites excluding steroid dienone is 3. The Labute approximate surface area is 386 Å². The number of esters is 1. The number of hydrogen-bond acceptors (Lipinski definition) is 5.